The first-order chi connectivity index (χ1) is 6.22. The van der Waals surface area contributed by atoms with E-state index in [0.29, 0.717) is 0 Å². The number of hydrogen-bond donors (Lipinski definition) is 0. The van der Waals surface area contributed by atoms with Crippen LogP contribution in [0.5, 0.6) is 5.75 Å². The van der Waals surface area contributed by atoms with Crippen molar-refractivity contribution in [3.8, 4) is 17.2 Å². The third kappa shape index (κ3) is 3.35. The van der Waals surface area contributed by atoms with Gasteiger partial charge >= 0.3 is 0 Å². The van der Waals surface area contributed by atoms with E-state index in [0.717, 1.165) is 11.3 Å². The van der Waals surface area contributed by atoms with E-state index in [-0.39, 0.29) is 0 Å². The minimum absolute atomic E-state index is 0.440. The molecule has 0 aliphatic heterocycles. The van der Waals surface area contributed by atoms with E-state index in [2.05, 4.69) is 24.6 Å². The zero-order chi connectivity index (χ0) is 9.68. The summed E-state index contributed by atoms with van der Waals surface area (Å²) >= 11 is 0. The summed E-state index contributed by atoms with van der Waals surface area (Å²) in [5.74, 6) is 4.01. The van der Waals surface area contributed by atoms with E-state index < -0.39 is 8.80 Å². The highest BCUT2D eigenvalue weighted by Gasteiger charge is 1.90. The lowest BCUT2D eigenvalue weighted by molar-refractivity contribution is 0.415. The molecule has 0 heterocycles. The lowest BCUT2D eigenvalue weighted by Gasteiger charge is -1.97. The van der Waals surface area contributed by atoms with E-state index in [1.54, 1.807) is 7.11 Å². The van der Waals surface area contributed by atoms with Gasteiger partial charge in [0.15, 0.2) is 0 Å². The Balaban J connectivity index is 2.77. The van der Waals surface area contributed by atoms with Gasteiger partial charge in [0.1, 0.15) is 14.5 Å². The van der Waals surface area contributed by atoms with Crippen LogP contribution < -0.4 is 4.74 Å². The van der Waals surface area contributed by atoms with Crippen LogP contribution in [-0.4, -0.2) is 15.9 Å². The summed E-state index contributed by atoms with van der Waals surface area (Å²) in [6.07, 6.45) is 0. The van der Waals surface area contributed by atoms with Gasteiger partial charge in [-0.1, -0.05) is 19.0 Å². The van der Waals surface area contributed by atoms with Gasteiger partial charge in [-0.3, -0.25) is 0 Å². The fraction of sp³-hybridized carbons (Fsp3) is 0.273. The molecule has 0 aromatic heterocycles. The third-order valence-corrected chi connectivity index (χ3v) is 2.17. The van der Waals surface area contributed by atoms with Gasteiger partial charge in [-0.05, 0) is 24.3 Å². The standard InChI is InChI=1S/C11H13OSi/c1-12-11-6-4-10(5-7-11)8-9-13(2)3/h4-7H,1-3H3. The molecule has 0 N–H and O–H groups in total. The zero-order valence-electron chi connectivity index (χ0n) is 8.22. The fourth-order valence-corrected chi connectivity index (χ4v) is 1.27. The van der Waals surface area contributed by atoms with E-state index in [4.69, 9.17) is 4.74 Å². The van der Waals surface area contributed by atoms with Crippen LogP contribution in [0, 0.1) is 11.5 Å². The van der Waals surface area contributed by atoms with Crippen LogP contribution in [0.3, 0.4) is 0 Å². The van der Waals surface area contributed by atoms with Gasteiger partial charge in [-0.2, -0.15) is 0 Å². The molecule has 0 bridgehead atoms. The molecule has 0 atom stereocenters. The largest absolute Gasteiger partial charge is 0.497 e. The van der Waals surface area contributed by atoms with Crippen molar-refractivity contribution in [2.75, 3.05) is 7.11 Å². The zero-order valence-corrected chi connectivity index (χ0v) is 9.22. The second-order valence-electron chi connectivity index (χ2n) is 2.98. The molecule has 2 heteroatoms. The van der Waals surface area contributed by atoms with Crippen molar-refractivity contribution in [3.63, 3.8) is 0 Å². The Morgan fingerprint density at radius 2 is 1.77 bits per heavy atom. The van der Waals surface area contributed by atoms with Crippen LogP contribution in [0.25, 0.3) is 0 Å². The highest BCUT2D eigenvalue weighted by atomic mass is 28.3. The van der Waals surface area contributed by atoms with Crippen molar-refractivity contribution in [2.45, 2.75) is 13.1 Å². The normalized spacial score (nSPS) is 9.23. The Bertz CT molecular complexity index is 316. The Morgan fingerprint density at radius 1 is 1.15 bits per heavy atom. The van der Waals surface area contributed by atoms with E-state index >= 15 is 0 Å². The van der Waals surface area contributed by atoms with E-state index in [1.165, 1.54) is 0 Å². The van der Waals surface area contributed by atoms with Crippen LogP contribution in [-0.2, 0) is 0 Å². The molecule has 0 aliphatic rings. The Morgan fingerprint density at radius 3 is 2.23 bits per heavy atom. The quantitative estimate of drug-likeness (QED) is 0.487. The average molecular weight is 189 g/mol. The molecular weight excluding hydrogens is 176 g/mol. The number of benzene rings is 1. The minimum Gasteiger partial charge on any atom is -0.497 e. The molecule has 1 nitrogen and oxygen atoms in total. The molecule has 67 valence electrons. The van der Waals surface area contributed by atoms with Crippen molar-refractivity contribution >= 4 is 8.80 Å². The molecule has 0 unspecified atom stereocenters. The maximum atomic E-state index is 5.05. The Hall–Kier alpha value is -1.20. The highest BCUT2D eigenvalue weighted by Crippen LogP contribution is 2.09. The number of methoxy groups -OCH3 is 1. The molecule has 0 aliphatic carbocycles. The molecule has 1 aromatic carbocycles. The summed E-state index contributed by atoms with van der Waals surface area (Å²) in [4.78, 5) is 0. The summed E-state index contributed by atoms with van der Waals surface area (Å²) in [6.45, 7) is 4.36. The topological polar surface area (TPSA) is 9.23 Å². The molecule has 0 saturated carbocycles. The second kappa shape index (κ2) is 4.73. The molecule has 0 spiro atoms. The molecule has 1 rings (SSSR count). The van der Waals surface area contributed by atoms with Crippen LogP contribution >= 0.6 is 0 Å². The lowest BCUT2D eigenvalue weighted by Crippen LogP contribution is -1.93. The van der Waals surface area contributed by atoms with Gasteiger partial charge in [-0.25, -0.2) is 0 Å². The number of hydrogen-bond acceptors (Lipinski definition) is 1. The van der Waals surface area contributed by atoms with E-state index in [9.17, 15) is 0 Å². The average Bonchev–Trinajstić information content (AvgIpc) is 2.15. The molecule has 1 radical (unpaired) electrons. The highest BCUT2D eigenvalue weighted by molar-refractivity contribution is 6.64. The lowest BCUT2D eigenvalue weighted by atomic mass is 10.2. The summed E-state index contributed by atoms with van der Waals surface area (Å²) in [7, 11) is 1.23. The van der Waals surface area contributed by atoms with Crippen LogP contribution in [0.1, 0.15) is 5.56 Å². The van der Waals surface area contributed by atoms with E-state index in [1.807, 2.05) is 24.3 Å². The SMILES string of the molecule is COc1ccc(C#C[Si](C)C)cc1. The molecule has 0 amide bonds. The van der Waals surface area contributed by atoms with Crippen LogP contribution in [0.2, 0.25) is 13.1 Å². The summed E-state index contributed by atoms with van der Waals surface area (Å²) in [5, 5.41) is 0. The van der Waals surface area contributed by atoms with Crippen LogP contribution in [0.4, 0.5) is 0 Å². The van der Waals surface area contributed by atoms with Gasteiger partial charge in [0.25, 0.3) is 0 Å². The second-order valence-corrected chi connectivity index (χ2v) is 5.23. The van der Waals surface area contributed by atoms with Gasteiger partial charge < -0.3 is 4.74 Å². The van der Waals surface area contributed by atoms with Crippen LogP contribution in [0.15, 0.2) is 24.3 Å². The minimum atomic E-state index is -0.440. The molecule has 0 saturated heterocycles. The van der Waals surface area contributed by atoms with Gasteiger partial charge in [0, 0.05) is 5.56 Å². The predicted molar refractivity (Wildman–Crippen MR) is 57.4 cm³/mol. The summed E-state index contributed by atoms with van der Waals surface area (Å²) in [6, 6.07) is 7.83. The number of ether oxygens (including phenoxy) is 1. The maximum absolute atomic E-state index is 5.05. The Labute approximate surface area is 81.3 Å². The van der Waals surface area contributed by atoms with Crippen molar-refractivity contribution in [1.82, 2.24) is 0 Å². The van der Waals surface area contributed by atoms with Crippen molar-refractivity contribution in [2.24, 2.45) is 0 Å². The molecule has 13 heavy (non-hydrogen) atoms. The number of rotatable bonds is 1. The van der Waals surface area contributed by atoms with Gasteiger partial charge in [-0.15, -0.1) is 5.54 Å². The summed E-state index contributed by atoms with van der Waals surface area (Å²) < 4.78 is 5.05. The first kappa shape index (κ1) is 9.88. The smallest absolute Gasteiger partial charge is 0.138 e. The summed E-state index contributed by atoms with van der Waals surface area (Å²) in [5.41, 5.74) is 4.27. The fourth-order valence-electron chi connectivity index (χ4n) is 0.872. The predicted octanol–water partition coefficient (Wildman–Crippen LogP) is 2.34. The third-order valence-electron chi connectivity index (χ3n) is 1.55. The van der Waals surface area contributed by atoms with Crippen molar-refractivity contribution in [1.29, 1.82) is 0 Å². The van der Waals surface area contributed by atoms with Gasteiger partial charge in [0.05, 0.1) is 7.11 Å². The first-order valence-electron chi connectivity index (χ1n) is 4.18. The monoisotopic (exact) mass is 189 g/mol. The molecule has 0 fully saturated rings. The molecular formula is C11H13OSi. The van der Waals surface area contributed by atoms with Crippen molar-refractivity contribution < 1.29 is 4.74 Å². The Kier molecular flexibility index (Phi) is 3.60. The maximum Gasteiger partial charge on any atom is 0.138 e. The van der Waals surface area contributed by atoms with Gasteiger partial charge in [0.2, 0.25) is 0 Å². The first-order valence-corrected chi connectivity index (χ1v) is 6.68. The molecule has 1 aromatic rings. The van der Waals surface area contributed by atoms with Crippen molar-refractivity contribution in [3.05, 3.63) is 29.8 Å².